The van der Waals surface area contributed by atoms with Crippen molar-refractivity contribution in [2.45, 2.75) is 36.8 Å². The molecule has 0 atom stereocenters. The lowest BCUT2D eigenvalue weighted by Gasteiger charge is -2.11. The molecule has 0 amide bonds. The Balaban J connectivity index is 1.92. The molecule has 3 aromatic rings. The summed E-state index contributed by atoms with van der Waals surface area (Å²) in [6, 6.07) is 8.60. The number of rotatable bonds is 7. The monoisotopic (exact) mass is 371 g/mol. The molecule has 3 rings (SSSR count). The number of H-pyrrole nitrogens is 1. The lowest BCUT2D eigenvalue weighted by Crippen LogP contribution is -2.10. The van der Waals surface area contributed by atoms with Crippen LogP contribution >= 0.6 is 11.8 Å². The highest BCUT2D eigenvalue weighted by Crippen LogP contribution is 2.36. The van der Waals surface area contributed by atoms with E-state index in [1.54, 1.807) is 11.8 Å². The van der Waals surface area contributed by atoms with Crippen molar-refractivity contribution in [1.29, 1.82) is 0 Å². The van der Waals surface area contributed by atoms with Crippen LogP contribution in [0.2, 0.25) is 0 Å². The third-order valence-corrected chi connectivity index (χ3v) is 5.14. The Bertz CT molecular complexity index is 889. The number of nitrogen functional groups attached to an aromatic ring is 1. The van der Waals surface area contributed by atoms with Crippen LogP contribution in [0, 0.1) is 6.92 Å². The van der Waals surface area contributed by atoms with Crippen molar-refractivity contribution in [3.63, 3.8) is 0 Å². The average Bonchev–Trinajstić information content (AvgIpc) is 3.02. The quantitative estimate of drug-likeness (QED) is 0.660. The summed E-state index contributed by atoms with van der Waals surface area (Å²) in [4.78, 5) is 16.7. The number of nitrogens with one attached hydrogen (secondary N) is 1. The van der Waals surface area contributed by atoms with E-state index in [1.807, 2.05) is 13.8 Å². The van der Waals surface area contributed by atoms with Gasteiger partial charge in [0.2, 0.25) is 0 Å². The lowest BCUT2D eigenvalue weighted by molar-refractivity contribution is 0.129. The molecule has 26 heavy (non-hydrogen) atoms. The highest BCUT2D eigenvalue weighted by molar-refractivity contribution is 7.99. The molecular weight excluding hydrogens is 346 g/mol. The maximum atomic E-state index is 6.08. The van der Waals surface area contributed by atoms with Crippen LogP contribution in [0.25, 0.3) is 11.0 Å². The molecular formula is C19H25N5OS. The van der Waals surface area contributed by atoms with Gasteiger partial charge in [0.1, 0.15) is 17.9 Å². The molecule has 2 heterocycles. The zero-order valence-electron chi connectivity index (χ0n) is 15.7. The largest absolute Gasteiger partial charge is 0.382 e. The molecule has 3 N–H and O–H groups in total. The van der Waals surface area contributed by atoms with E-state index >= 15 is 0 Å². The van der Waals surface area contributed by atoms with E-state index in [4.69, 9.17) is 10.5 Å². The Morgan fingerprint density at radius 1 is 1.19 bits per heavy atom. The Kier molecular flexibility index (Phi) is 5.80. The van der Waals surface area contributed by atoms with Gasteiger partial charge in [-0.1, -0.05) is 23.9 Å². The van der Waals surface area contributed by atoms with Gasteiger partial charge in [0.25, 0.3) is 0 Å². The molecule has 0 fully saturated rings. The molecule has 0 bridgehead atoms. The van der Waals surface area contributed by atoms with Crippen molar-refractivity contribution in [3.8, 4) is 0 Å². The number of aryl methyl sites for hydroxylation is 1. The number of fused-ring (bicyclic) bond motifs is 1. The average molecular weight is 372 g/mol. The topological polar surface area (TPSA) is 80.1 Å². The van der Waals surface area contributed by atoms with Gasteiger partial charge in [-0.2, -0.15) is 0 Å². The third-order valence-electron chi connectivity index (χ3n) is 3.92. The van der Waals surface area contributed by atoms with E-state index in [1.165, 1.54) is 5.56 Å². The molecule has 2 aromatic heterocycles. The SMILES string of the molecule is CCOCc1nc2c(N)nc(C)c(Sc3ccc(CN(C)C)cc3)c2[nH]1. The highest BCUT2D eigenvalue weighted by atomic mass is 32.2. The molecule has 1 aromatic carbocycles. The van der Waals surface area contributed by atoms with Crippen LogP contribution in [0.15, 0.2) is 34.1 Å². The smallest absolute Gasteiger partial charge is 0.151 e. The van der Waals surface area contributed by atoms with Gasteiger partial charge in [0.05, 0.1) is 16.1 Å². The fraction of sp³-hybridized carbons (Fsp3) is 0.368. The standard InChI is InChI=1S/C19H25N5OS/c1-5-25-11-15-22-16-17(23-15)19(20)21-12(2)18(16)26-14-8-6-13(7-9-14)10-24(3)4/h6-9H,5,10-11H2,1-4H3,(H2,20,21)(H,22,23). The Hall–Kier alpha value is -2.09. The Labute approximate surface area is 158 Å². The molecule has 0 saturated heterocycles. The molecule has 0 saturated carbocycles. The second kappa shape index (κ2) is 8.07. The molecule has 138 valence electrons. The van der Waals surface area contributed by atoms with E-state index in [2.05, 4.69) is 58.2 Å². The number of imidazole rings is 1. The number of anilines is 1. The van der Waals surface area contributed by atoms with Crippen LogP contribution in [0.1, 0.15) is 24.0 Å². The number of pyridine rings is 1. The minimum absolute atomic E-state index is 0.438. The maximum Gasteiger partial charge on any atom is 0.151 e. The first kappa shape index (κ1) is 18.7. The van der Waals surface area contributed by atoms with Crippen molar-refractivity contribution in [3.05, 3.63) is 41.3 Å². The molecule has 0 aliphatic carbocycles. The number of benzene rings is 1. The summed E-state index contributed by atoms with van der Waals surface area (Å²) in [5.41, 5.74) is 9.89. The van der Waals surface area contributed by atoms with Crippen LogP contribution in [-0.2, 0) is 17.9 Å². The Morgan fingerprint density at radius 2 is 1.92 bits per heavy atom. The number of hydrogen-bond acceptors (Lipinski definition) is 6. The van der Waals surface area contributed by atoms with Gasteiger partial charge in [0, 0.05) is 18.0 Å². The fourth-order valence-electron chi connectivity index (χ4n) is 2.78. The van der Waals surface area contributed by atoms with Gasteiger partial charge in [-0.15, -0.1) is 0 Å². The lowest BCUT2D eigenvalue weighted by atomic mass is 10.2. The van der Waals surface area contributed by atoms with E-state index in [-0.39, 0.29) is 0 Å². The van der Waals surface area contributed by atoms with Crippen LogP contribution in [-0.4, -0.2) is 40.6 Å². The van der Waals surface area contributed by atoms with Gasteiger partial charge >= 0.3 is 0 Å². The first-order valence-electron chi connectivity index (χ1n) is 8.61. The number of hydrogen-bond donors (Lipinski definition) is 2. The van der Waals surface area contributed by atoms with Crippen molar-refractivity contribution >= 4 is 28.6 Å². The zero-order chi connectivity index (χ0) is 18.7. The van der Waals surface area contributed by atoms with Gasteiger partial charge in [-0.25, -0.2) is 9.97 Å². The highest BCUT2D eigenvalue weighted by Gasteiger charge is 2.16. The second-order valence-electron chi connectivity index (χ2n) is 6.44. The Morgan fingerprint density at radius 3 is 2.58 bits per heavy atom. The summed E-state index contributed by atoms with van der Waals surface area (Å²) in [5.74, 6) is 1.21. The molecule has 7 heteroatoms. The molecule has 6 nitrogen and oxygen atoms in total. The predicted molar refractivity (Wildman–Crippen MR) is 106 cm³/mol. The number of aromatic amines is 1. The summed E-state index contributed by atoms with van der Waals surface area (Å²) in [6.45, 7) is 5.95. The van der Waals surface area contributed by atoms with Crippen LogP contribution in [0.5, 0.6) is 0 Å². The van der Waals surface area contributed by atoms with Crippen LogP contribution in [0.4, 0.5) is 5.82 Å². The van der Waals surface area contributed by atoms with Gasteiger partial charge in [-0.05, 0) is 45.6 Å². The minimum atomic E-state index is 0.438. The van der Waals surface area contributed by atoms with Crippen molar-refractivity contribution in [2.24, 2.45) is 0 Å². The van der Waals surface area contributed by atoms with Gasteiger partial charge in [-0.3, -0.25) is 0 Å². The first-order chi connectivity index (χ1) is 12.5. The predicted octanol–water partition coefficient (Wildman–Crippen LogP) is 3.60. The van der Waals surface area contributed by atoms with Crippen molar-refractivity contribution in [2.75, 3.05) is 26.4 Å². The first-order valence-corrected chi connectivity index (χ1v) is 9.43. The number of nitrogens with zero attached hydrogens (tertiary/aromatic N) is 3. The molecule has 0 aliphatic heterocycles. The number of aromatic nitrogens is 3. The van der Waals surface area contributed by atoms with Crippen molar-refractivity contribution in [1.82, 2.24) is 19.9 Å². The van der Waals surface area contributed by atoms with Gasteiger partial charge < -0.3 is 20.4 Å². The van der Waals surface area contributed by atoms with E-state index in [0.717, 1.165) is 33.4 Å². The third kappa shape index (κ3) is 4.17. The molecule has 0 unspecified atom stereocenters. The molecule has 0 aliphatic rings. The summed E-state index contributed by atoms with van der Waals surface area (Å²) in [6.07, 6.45) is 0. The van der Waals surface area contributed by atoms with E-state index < -0.39 is 0 Å². The van der Waals surface area contributed by atoms with Crippen LogP contribution < -0.4 is 5.73 Å². The fourth-order valence-corrected chi connectivity index (χ4v) is 3.73. The molecule has 0 spiro atoms. The maximum absolute atomic E-state index is 6.08. The second-order valence-corrected chi connectivity index (χ2v) is 7.52. The zero-order valence-corrected chi connectivity index (χ0v) is 16.5. The minimum Gasteiger partial charge on any atom is -0.382 e. The van der Waals surface area contributed by atoms with E-state index in [0.29, 0.717) is 24.5 Å². The van der Waals surface area contributed by atoms with Crippen LogP contribution in [0.3, 0.4) is 0 Å². The van der Waals surface area contributed by atoms with Crippen molar-refractivity contribution < 1.29 is 4.74 Å². The number of ether oxygens (including phenoxy) is 1. The number of nitrogens with two attached hydrogens (primary N) is 1. The summed E-state index contributed by atoms with van der Waals surface area (Å²) >= 11 is 1.67. The summed E-state index contributed by atoms with van der Waals surface area (Å²) in [5, 5.41) is 0. The summed E-state index contributed by atoms with van der Waals surface area (Å²) in [7, 11) is 4.14. The summed E-state index contributed by atoms with van der Waals surface area (Å²) < 4.78 is 5.46. The molecule has 0 radical (unpaired) electrons. The van der Waals surface area contributed by atoms with Gasteiger partial charge in [0.15, 0.2) is 5.82 Å². The van der Waals surface area contributed by atoms with E-state index in [9.17, 15) is 0 Å². The normalized spacial score (nSPS) is 11.6.